The van der Waals surface area contributed by atoms with Crippen LogP contribution in [0.2, 0.25) is 0 Å². The predicted molar refractivity (Wildman–Crippen MR) is 107 cm³/mol. The number of aromatic carboxylic acids is 1. The van der Waals surface area contributed by atoms with E-state index >= 15 is 0 Å². The number of methoxy groups -OCH3 is 1. The van der Waals surface area contributed by atoms with Crippen molar-refractivity contribution in [1.29, 1.82) is 0 Å². The van der Waals surface area contributed by atoms with Crippen molar-refractivity contribution in [3.63, 3.8) is 0 Å². The Morgan fingerprint density at radius 1 is 1.07 bits per heavy atom. The van der Waals surface area contributed by atoms with Gasteiger partial charge in [-0.05, 0) is 48.0 Å². The Kier molecular flexibility index (Phi) is 5.38. The number of carbonyl (C=O) groups is 3. The van der Waals surface area contributed by atoms with Crippen LogP contribution in [0.25, 0.3) is 6.08 Å². The molecule has 136 valence electrons. The highest BCUT2D eigenvalue weighted by atomic mass is 32.2. The summed E-state index contributed by atoms with van der Waals surface area (Å²) in [4.78, 5) is 36.9. The lowest BCUT2D eigenvalue weighted by molar-refractivity contribution is -0.113. The highest BCUT2D eigenvalue weighted by Gasteiger charge is 2.33. The fourth-order valence-electron chi connectivity index (χ4n) is 2.43. The molecular weight excluding hydrogens is 386 g/mol. The Bertz CT molecular complexity index is 965. The standard InChI is InChI=1S/C19H13NO5S2/c1-25-18(24)13-4-2-11(3-5-13)10-15-16(21)20(19(26)27-15)14-8-6-12(7-9-14)17(22)23/h2-10H,1H3,(H,22,23)/b15-10-. The van der Waals surface area contributed by atoms with Gasteiger partial charge in [-0.2, -0.15) is 0 Å². The number of ether oxygens (including phenoxy) is 1. The highest BCUT2D eigenvalue weighted by molar-refractivity contribution is 8.27. The summed E-state index contributed by atoms with van der Waals surface area (Å²) in [6.07, 6.45) is 1.69. The zero-order valence-electron chi connectivity index (χ0n) is 14.0. The highest BCUT2D eigenvalue weighted by Crippen LogP contribution is 2.36. The van der Waals surface area contributed by atoms with E-state index in [4.69, 9.17) is 17.3 Å². The van der Waals surface area contributed by atoms with Crippen molar-refractivity contribution >= 4 is 57.9 Å². The number of rotatable bonds is 4. The summed E-state index contributed by atoms with van der Waals surface area (Å²) in [6, 6.07) is 12.6. The van der Waals surface area contributed by atoms with Crippen LogP contribution in [0, 0.1) is 0 Å². The summed E-state index contributed by atoms with van der Waals surface area (Å²) in [5, 5.41) is 8.97. The van der Waals surface area contributed by atoms with Crippen molar-refractivity contribution in [3.05, 3.63) is 70.1 Å². The quantitative estimate of drug-likeness (QED) is 0.478. The molecule has 27 heavy (non-hydrogen) atoms. The molecule has 1 fully saturated rings. The van der Waals surface area contributed by atoms with Crippen molar-refractivity contribution in [2.24, 2.45) is 0 Å². The van der Waals surface area contributed by atoms with Crippen LogP contribution in [0.4, 0.5) is 5.69 Å². The number of nitrogens with zero attached hydrogens (tertiary/aromatic N) is 1. The Labute approximate surface area is 164 Å². The molecule has 1 N–H and O–H groups in total. The van der Waals surface area contributed by atoms with Gasteiger partial charge in [-0.15, -0.1) is 0 Å². The molecule has 1 aliphatic rings. The number of esters is 1. The average molecular weight is 399 g/mol. The van der Waals surface area contributed by atoms with Gasteiger partial charge in [0.05, 0.1) is 28.8 Å². The number of carboxylic acids is 1. The van der Waals surface area contributed by atoms with E-state index in [-0.39, 0.29) is 11.5 Å². The Morgan fingerprint density at radius 2 is 1.67 bits per heavy atom. The van der Waals surface area contributed by atoms with Crippen molar-refractivity contribution in [3.8, 4) is 0 Å². The van der Waals surface area contributed by atoms with E-state index in [0.29, 0.717) is 20.5 Å². The van der Waals surface area contributed by atoms with Crippen LogP contribution in [0.3, 0.4) is 0 Å². The molecule has 0 unspecified atom stereocenters. The number of hydrogen-bond donors (Lipinski definition) is 1. The molecule has 1 amide bonds. The molecule has 8 heteroatoms. The molecule has 0 saturated carbocycles. The third-order valence-electron chi connectivity index (χ3n) is 3.80. The first-order chi connectivity index (χ1) is 12.9. The molecule has 1 saturated heterocycles. The molecule has 3 rings (SSSR count). The van der Waals surface area contributed by atoms with E-state index in [1.54, 1.807) is 42.5 Å². The fraction of sp³-hybridized carbons (Fsp3) is 0.0526. The number of anilines is 1. The maximum atomic E-state index is 12.7. The van der Waals surface area contributed by atoms with E-state index in [0.717, 1.165) is 17.3 Å². The molecule has 6 nitrogen and oxygen atoms in total. The topological polar surface area (TPSA) is 83.9 Å². The van der Waals surface area contributed by atoms with Gasteiger partial charge in [-0.1, -0.05) is 36.1 Å². The van der Waals surface area contributed by atoms with Gasteiger partial charge in [0.15, 0.2) is 4.32 Å². The van der Waals surface area contributed by atoms with Crippen LogP contribution in [0.5, 0.6) is 0 Å². The van der Waals surface area contributed by atoms with Gasteiger partial charge in [0.2, 0.25) is 0 Å². The second kappa shape index (κ2) is 7.73. The zero-order valence-corrected chi connectivity index (χ0v) is 15.7. The number of hydrogen-bond acceptors (Lipinski definition) is 6. The number of carboxylic acid groups (broad SMARTS) is 1. The summed E-state index contributed by atoms with van der Waals surface area (Å²) in [5.41, 5.74) is 1.79. The molecule has 0 aromatic heterocycles. The van der Waals surface area contributed by atoms with Crippen LogP contribution >= 0.6 is 24.0 Å². The van der Waals surface area contributed by atoms with Crippen LogP contribution < -0.4 is 4.90 Å². The lowest BCUT2D eigenvalue weighted by Crippen LogP contribution is -2.27. The molecule has 0 spiro atoms. The summed E-state index contributed by atoms with van der Waals surface area (Å²) >= 11 is 6.46. The summed E-state index contributed by atoms with van der Waals surface area (Å²) in [7, 11) is 1.31. The van der Waals surface area contributed by atoms with Gasteiger partial charge in [0.1, 0.15) is 0 Å². The van der Waals surface area contributed by atoms with E-state index in [9.17, 15) is 14.4 Å². The number of carbonyl (C=O) groups excluding carboxylic acids is 2. The van der Waals surface area contributed by atoms with Crippen LogP contribution in [-0.2, 0) is 9.53 Å². The molecule has 2 aromatic rings. The lowest BCUT2D eigenvalue weighted by atomic mass is 10.1. The molecule has 0 aliphatic carbocycles. The number of amides is 1. The number of thioether (sulfide) groups is 1. The Hall–Kier alpha value is -2.97. The average Bonchev–Trinajstić information content (AvgIpc) is 2.95. The number of thiocarbonyl (C=S) groups is 1. The zero-order chi connectivity index (χ0) is 19.6. The third kappa shape index (κ3) is 3.91. The lowest BCUT2D eigenvalue weighted by Gasteiger charge is -2.14. The molecule has 0 radical (unpaired) electrons. The minimum Gasteiger partial charge on any atom is -0.478 e. The van der Waals surface area contributed by atoms with Crippen molar-refractivity contribution in [2.45, 2.75) is 0 Å². The third-order valence-corrected chi connectivity index (χ3v) is 5.10. The number of benzene rings is 2. The van der Waals surface area contributed by atoms with Crippen LogP contribution in [-0.4, -0.2) is 34.4 Å². The van der Waals surface area contributed by atoms with Crippen molar-refractivity contribution in [2.75, 3.05) is 12.0 Å². The molecule has 2 aromatic carbocycles. The first-order valence-electron chi connectivity index (χ1n) is 7.70. The minimum absolute atomic E-state index is 0.130. The first kappa shape index (κ1) is 18.8. The Balaban J connectivity index is 1.84. The van der Waals surface area contributed by atoms with Crippen molar-refractivity contribution < 1.29 is 24.2 Å². The molecule has 0 bridgehead atoms. The maximum Gasteiger partial charge on any atom is 0.337 e. The van der Waals surface area contributed by atoms with Crippen LogP contribution in [0.1, 0.15) is 26.3 Å². The first-order valence-corrected chi connectivity index (χ1v) is 8.93. The van der Waals surface area contributed by atoms with Gasteiger partial charge in [-0.3, -0.25) is 9.69 Å². The maximum absolute atomic E-state index is 12.7. The van der Waals surface area contributed by atoms with Crippen molar-refractivity contribution in [1.82, 2.24) is 0 Å². The fourth-order valence-corrected chi connectivity index (χ4v) is 3.73. The second-order valence-electron chi connectivity index (χ2n) is 5.48. The molecule has 1 aliphatic heterocycles. The van der Waals surface area contributed by atoms with Gasteiger partial charge in [-0.25, -0.2) is 9.59 Å². The summed E-state index contributed by atoms with van der Waals surface area (Å²) < 4.78 is 5.02. The summed E-state index contributed by atoms with van der Waals surface area (Å²) in [5.74, 6) is -1.76. The largest absolute Gasteiger partial charge is 0.478 e. The molecular formula is C19H13NO5S2. The smallest absolute Gasteiger partial charge is 0.337 e. The molecule has 1 heterocycles. The van der Waals surface area contributed by atoms with E-state index in [2.05, 4.69) is 4.74 Å². The van der Waals surface area contributed by atoms with Gasteiger partial charge in [0, 0.05) is 0 Å². The van der Waals surface area contributed by atoms with E-state index in [1.807, 2.05) is 0 Å². The van der Waals surface area contributed by atoms with Gasteiger partial charge < -0.3 is 9.84 Å². The minimum atomic E-state index is -1.04. The predicted octanol–water partition coefficient (Wildman–Crippen LogP) is 3.58. The van der Waals surface area contributed by atoms with Crippen LogP contribution in [0.15, 0.2) is 53.4 Å². The summed E-state index contributed by atoms with van der Waals surface area (Å²) in [6.45, 7) is 0. The monoisotopic (exact) mass is 399 g/mol. The van der Waals surface area contributed by atoms with Gasteiger partial charge in [0.25, 0.3) is 5.91 Å². The normalized spacial score (nSPS) is 15.3. The SMILES string of the molecule is COC(=O)c1ccc(/C=C2\SC(=S)N(c3ccc(C(=O)O)cc3)C2=O)cc1. The second-order valence-corrected chi connectivity index (χ2v) is 7.16. The van der Waals surface area contributed by atoms with E-state index < -0.39 is 11.9 Å². The van der Waals surface area contributed by atoms with Gasteiger partial charge >= 0.3 is 11.9 Å². The van der Waals surface area contributed by atoms with E-state index in [1.165, 1.54) is 24.1 Å². The Morgan fingerprint density at radius 3 is 2.22 bits per heavy atom. The molecule has 0 atom stereocenters.